The minimum atomic E-state index is -0.182. The Morgan fingerprint density at radius 3 is 2.50 bits per heavy atom. The number of hydrogen-bond donors (Lipinski definition) is 1. The second-order valence-corrected chi connectivity index (χ2v) is 6.14. The van der Waals surface area contributed by atoms with Crippen LogP contribution in [-0.4, -0.2) is 19.6 Å². The Morgan fingerprint density at radius 2 is 1.95 bits per heavy atom. The zero-order valence-electron chi connectivity index (χ0n) is 12.7. The van der Waals surface area contributed by atoms with Crippen molar-refractivity contribution in [2.45, 2.75) is 39.7 Å². The number of carbonyl (C=O) groups is 1. The number of benzene rings is 1. The smallest absolute Gasteiger partial charge is 0.309 e. The van der Waals surface area contributed by atoms with Crippen LogP contribution in [0.4, 0.5) is 0 Å². The van der Waals surface area contributed by atoms with Gasteiger partial charge >= 0.3 is 5.97 Å². The monoisotopic (exact) mass is 275 g/mol. The molecular formula is C17H25NO2. The average molecular weight is 275 g/mol. The van der Waals surface area contributed by atoms with Crippen molar-refractivity contribution >= 4 is 5.97 Å². The third-order valence-electron chi connectivity index (χ3n) is 4.59. The van der Waals surface area contributed by atoms with E-state index in [1.807, 2.05) is 18.2 Å². The van der Waals surface area contributed by atoms with E-state index >= 15 is 0 Å². The molecule has 0 aromatic heterocycles. The summed E-state index contributed by atoms with van der Waals surface area (Å²) >= 11 is 0. The summed E-state index contributed by atoms with van der Waals surface area (Å²) in [6.07, 6.45) is 3.02. The van der Waals surface area contributed by atoms with Crippen LogP contribution in [0, 0.1) is 11.3 Å². The molecule has 0 amide bonds. The molecule has 20 heavy (non-hydrogen) atoms. The molecule has 0 atom stereocenters. The van der Waals surface area contributed by atoms with Crippen molar-refractivity contribution in [3.8, 4) is 0 Å². The minimum Gasteiger partial charge on any atom is -0.469 e. The molecule has 0 unspecified atom stereocenters. The fourth-order valence-corrected chi connectivity index (χ4v) is 2.70. The molecule has 0 spiro atoms. The largest absolute Gasteiger partial charge is 0.469 e. The first-order valence-electron chi connectivity index (χ1n) is 7.42. The first-order chi connectivity index (χ1) is 9.57. The maximum absolute atomic E-state index is 11.4. The lowest BCUT2D eigenvalue weighted by Gasteiger charge is -2.20. The molecule has 1 aliphatic rings. The minimum absolute atomic E-state index is 0.182. The summed E-state index contributed by atoms with van der Waals surface area (Å²) in [7, 11) is 1.43. The van der Waals surface area contributed by atoms with E-state index in [1.165, 1.54) is 25.5 Å². The van der Waals surface area contributed by atoms with Crippen LogP contribution in [0.3, 0.4) is 0 Å². The SMILES string of the molecule is COC(=O)Cc1ccccc1CNCC1(C(C)C)CC1. The summed E-state index contributed by atoms with van der Waals surface area (Å²) in [5.41, 5.74) is 2.76. The lowest BCUT2D eigenvalue weighted by Crippen LogP contribution is -2.27. The molecule has 1 aliphatic carbocycles. The molecule has 0 saturated heterocycles. The fourth-order valence-electron chi connectivity index (χ4n) is 2.70. The van der Waals surface area contributed by atoms with Crippen molar-refractivity contribution in [1.29, 1.82) is 0 Å². The molecule has 0 aliphatic heterocycles. The van der Waals surface area contributed by atoms with Crippen molar-refractivity contribution < 1.29 is 9.53 Å². The number of methoxy groups -OCH3 is 1. The summed E-state index contributed by atoms with van der Waals surface area (Å²) in [5.74, 6) is 0.554. The van der Waals surface area contributed by atoms with Crippen molar-refractivity contribution in [3.63, 3.8) is 0 Å². The second-order valence-electron chi connectivity index (χ2n) is 6.14. The topological polar surface area (TPSA) is 38.3 Å². The van der Waals surface area contributed by atoms with Crippen LogP contribution in [0.25, 0.3) is 0 Å². The highest BCUT2D eigenvalue weighted by Gasteiger charge is 2.44. The van der Waals surface area contributed by atoms with E-state index in [2.05, 4.69) is 25.2 Å². The van der Waals surface area contributed by atoms with Gasteiger partial charge in [0.15, 0.2) is 0 Å². The number of esters is 1. The van der Waals surface area contributed by atoms with E-state index < -0.39 is 0 Å². The Labute approximate surface area is 121 Å². The van der Waals surface area contributed by atoms with E-state index in [0.717, 1.165) is 24.6 Å². The van der Waals surface area contributed by atoms with Crippen molar-refractivity contribution in [2.24, 2.45) is 11.3 Å². The fraction of sp³-hybridized carbons (Fsp3) is 0.588. The van der Waals surface area contributed by atoms with E-state index in [-0.39, 0.29) is 5.97 Å². The third kappa shape index (κ3) is 3.60. The van der Waals surface area contributed by atoms with E-state index in [9.17, 15) is 4.79 Å². The van der Waals surface area contributed by atoms with Gasteiger partial charge in [-0.05, 0) is 35.3 Å². The lowest BCUT2D eigenvalue weighted by atomic mass is 9.92. The van der Waals surface area contributed by atoms with Gasteiger partial charge < -0.3 is 10.1 Å². The van der Waals surface area contributed by atoms with Gasteiger partial charge in [-0.2, -0.15) is 0 Å². The van der Waals surface area contributed by atoms with Crippen molar-refractivity contribution in [3.05, 3.63) is 35.4 Å². The highest BCUT2D eigenvalue weighted by molar-refractivity contribution is 5.72. The van der Waals surface area contributed by atoms with Gasteiger partial charge in [0.2, 0.25) is 0 Å². The molecule has 0 heterocycles. The molecule has 1 aromatic carbocycles. The van der Waals surface area contributed by atoms with Gasteiger partial charge in [0, 0.05) is 13.1 Å². The molecule has 0 bridgehead atoms. The Bertz CT molecular complexity index is 464. The van der Waals surface area contributed by atoms with E-state index in [1.54, 1.807) is 0 Å². The predicted octanol–water partition coefficient (Wildman–Crippen LogP) is 2.93. The molecule has 0 radical (unpaired) electrons. The number of rotatable bonds is 7. The van der Waals surface area contributed by atoms with Gasteiger partial charge in [-0.25, -0.2) is 0 Å². The Hall–Kier alpha value is -1.35. The normalized spacial score (nSPS) is 16.2. The summed E-state index contributed by atoms with van der Waals surface area (Å²) in [4.78, 5) is 11.4. The van der Waals surface area contributed by atoms with Crippen LogP contribution in [-0.2, 0) is 22.5 Å². The van der Waals surface area contributed by atoms with Gasteiger partial charge in [-0.15, -0.1) is 0 Å². The van der Waals surface area contributed by atoms with Crippen molar-refractivity contribution in [2.75, 3.05) is 13.7 Å². The van der Waals surface area contributed by atoms with Crippen LogP contribution in [0.15, 0.2) is 24.3 Å². The number of carbonyl (C=O) groups excluding carboxylic acids is 1. The van der Waals surface area contributed by atoms with Gasteiger partial charge in [0.25, 0.3) is 0 Å². The van der Waals surface area contributed by atoms with E-state index in [0.29, 0.717) is 11.8 Å². The molecule has 3 nitrogen and oxygen atoms in total. The van der Waals surface area contributed by atoms with Crippen LogP contribution < -0.4 is 5.32 Å². The zero-order valence-corrected chi connectivity index (χ0v) is 12.7. The highest BCUT2D eigenvalue weighted by Crippen LogP contribution is 2.51. The quantitative estimate of drug-likeness (QED) is 0.778. The highest BCUT2D eigenvalue weighted by atomic mass is 16.5. The van der Waals surface area contributed by atoms with Crippen molar-refractivity contribution in [1.82, 2.24) is 5.32 Å². The first kappa shape index (κ1) is 15.0. The van der Waals surface area contributed by atoms with Gasteiger partial charge in [-0.1, -0.05) is 38.1 Å². The molecule has 110 valence electrons. The van der Waals surface area contributed by atoms with Gasteiger partial charge in [0.1, 0.15) is 0 Å². The summed E-state index contributed by atoms with van der Waals surface area (Å²) in [5, 5.41) is 3.57. The Balaban J connectivity index is 1.91. The van der Waals surface area contributed by atoms with Crippen LogP contribution in [0.2, 0.25) is 0 Å². The first-order valence-corrected chi connectivity index (χ1v) is 7.42. The summed E-state index contributed by atoms with van der Waals surface area (Å²) in [6, 6.07) is 8.08. The van der Waals surface area contributed by atoms with E-state index in [4.69, 9.17) is 4.74 Å². The third-order valence-corrected chi connectivity index (χ3v) is 4.59. The summed E-state index contributed by atoms with van der Waals surface area (Å²) < 4.78 is 4.75. The molecular weight excluding hydrogens is 250 g/mol. The average Bonchev–Trinajstić information content (AvgIpc) is 3.22. The van der Waals surface area contributed by atoms with Gasteiger partial charge in [0.05, 0.1) is 13.5 Å². The molecule has 3 heteroatoms. The molecule has 1 fully saturated rings. The predicted molar refractivity (Wildman–Crippen MR) is 80.4 cm³/mol. The zero-order chi connectivity index (χ0) is 14.6. The Kier molecular flexibility index (Phi) is 4.81. The molecule has 1 aromatic rings. The second kappa shape index (κ2) is 6.40. The molecule has 1 saturated carbocycles. The number of ether oxygens (including phenoxy) is 1. The number of nitrogens with one attached hydrogen (secondary N) is 1. The lowest BCUT2D eigenvalue weighted by molar-refractivity contribution is -0.139. The van der Waals surface area contributed by atoms with Crippen LogP contribution >= 0.6 is 0 Å². The van der Waals surface area contributed by atoms with Crippen LogP contribution in [0.1, 0.15) is 37.8 Å². The maximum atomic E-state index is 11.4. The standard InChI is InChI=1S/C17H25NO2/c1-13(2)17(8-9-17)12-18-11-15-7-5-4-6-14(15)10-16(19)20-3/h4-7,13,18H,8-12H2,1-3H3. The molecule has 1 N–H and O–H groups in total. The van der Waals surface area contributed by atoms with Gasteiger partial charge in [-0.3, -0.25) is 4.79 Å². The Morgan fingerprint density at radius 1 is 1.30 bits per heavy atom. The molecule has 2 rings (SSSR count). The number of hydrogen-bond acceptors (Lipinski definition) is 3. The summed E-state index contributed by atoms with van der Waals surface area (Å²) in [6.45, 7) is 6.50. The van der Waals surface area contributed by atoms with Crippen LogP contribution in [0.5, 0.6) is 0 Å². The maximum Gasteiger partial charge on any atom is 0.309 e.